The maximum absolute atomic E-state index is 6.26. The summed E-state index contributed by atoms with van der Waals surface area (Å²) < 4.78 is 11.1. The van der Waals surface area contributed by atoms with E-state index in [9.17, 15) is 0 Å². The van der Waals surface area contributed by atoms with E-state index >= 15 is 0 Å². The first-order chi connectivity index (χ1) is 9.70. The summed E-state index contributed by atoms with van der Waals surface area (Å²) in [5.74, 6) is 1.55. The lowest BCUT2D eigenvalue weighted by atomic mass is 10.1. The molecule has 0 bridgehead atoms. The van der Waals surface area contributed by atoms with Crippen LogP contribution in [-0.2, 0) is 0 Å². The molecule has 2 N–H and O–H groups in total. The van der Waals surface area contributed by atoms with Gasteiger partial charge in [-0.25, -0.2) is 0 Å². The molecule has 102 valence electrons. The van der Waals surface area contributed by atoms with Gasteiger partial charge in [-0.3, -0.25) is 4.98 Å². The van der Waals surface area contributed by atoms with E-state index in [0.717, 1.165) is 33.7 Å². The Morgan fingerprint density at radius 3 is 2.80 bits per heavy atom. The highest BCUT2D eigenvalue weighted by Crippen LogP contribution is 2.32. The predicted molar refractivity (Wildman–Crippen MR) is 77.8 cm³/mol. The summed E-state index contributed by atoms with van der Waals surface area (Å²) >= 11 is 0. The molecule has 0 saturated heterocycles. The molecule has 4 heteroatoms. The van der Waals surface area contributed by atoms with E-state index in [4.69, 9.17) is 14.9 Å². The lowest BCUT2D eigenvalue weighted by Gasteiger charge is -2.08. The van der Waals surface area contributed by atoms with E-state index < -0.39 is 0 Å². The third-order valence-electron chi connectivity index (χ3n) is 3.47. The number of hydrogen-bond donors (Lipinski definition) is 1. The number of benzene rings is 1. The quantitative estimate of drug-likeness (QED) is 0.792. The first-order valence-electron chi connectivity index (χ1n) is 6.44. The van der Waals surface area contributed by atoms with Gasteiger partial charge >= 0.3 is 0 Å². The molecule has 0 radical (unpaired) electrons. The first kappa shape index (κ1) is 12.7. The molecule has 0 spiro atoms. The Morgan fingerprint density at radius 2 is 2.10 bits per heavy atom. The Hall–Kier alpha value is -2.33. The Balaban J connectivity index is 2.10. The molecule has 0 amide bonds. The number of hydrogen-bond acceptors (Lipinski definition) is 4. The number of fused-ring (bicyclic) bond motifs is 1. The smallest absolute Gasteiger partial charge is 0.134 e. The largest absolute Gasteiger partial charge is 0.497 e. The molecular formula is C16H16N2O2. The summed E-state index contributed by atoms with van der Waals surface area (Å²) in [4.78, 5) is 4.29. The second kappa shape index (κ2) is 4.98. The molecule has 20 heavy (non-hydrogen) atoms. The minimum absolute atomic E-state index is 0.366. The van der Waals surface area contributed by atoms with Crippen molar-refractivity contribution in [1.29, 1.82) is 0 Å². The van der Waals surface area contributed by atoms with Crippen LogP contribution < -0.4 is 10.5 Å². The summed E-state index contributed by atoms with van der Waals surface area (Å²) in [5, 5.41) is 1.02. The lowest BCUT2D eigenvalue weighted by Crippen LogP contribution is -2.13. The topological polar surface area (TPSA) is 61.3 Å². The number of aromatic nitrogens is 1. The predicted octanol–water partition coefficient (Wildman–Crippen LogP) is 3.19. The van der Waals surface area contributed by atoms with Gasteiger partial charge in [0.2, 0.25) is 0 Å². The fourth-order valence-corrected chi connectivity index (χ4v) is 2.34. The molecule has 0 aliphatic rings. The number of ether oxygens (including phenoxy) is 1. The van der Waals surface area contributed by atoms with Crippen LogP contribution >= 0.6 is 0 Å². The molecule has 4 nitrogen and oxygen atoms in total. The number of pyridine rings is 1. The summed E-state index contributed by atoms with van der Waals surface area (Å²) in [6.45, 7) is 2.00. The summed E-state index contributed by atoms with van der Waals surface area (Å²) in [5.41, 5.74) is 8.89. The molecule has 1 unspecified atom stereocenters. The Morgan fingerprint density at radius 1 is 1.25 bits per heavy atom. The van der Waals surface area contributed by atoms with Crippen molar-refractivity contribution >= 4 is 11.0 Å². The van der Waals surface area contributed by atoms with Gasteiger partial charge in [0.05, 0.1) is 12.8 Å². The van der Waals surface area contributed by atoms with E-state index in [0.29, 0.717) is 0 Å². The molecule has 0 saturated carbocycles. The van der Waals surface area contributed by atoms with Crippen LogP contribution in [0.3, 0.4) is 0 Å². The molecular weight excluding hydrogens is 252 g/mol. The molecule has 2 aromatic heterocycles. The third kappa shape index (κ3) is 2.04. The van der Waals surface area contributed by atoms with E-state index in [2.05, 4.69) is 4.98 Å². The van der Waals surface area contributed by atoms with Gasteiger partial charge in [-0.2, -0.15) is 0 Å². The van der Waals surface area contributed by atoms with Gasteiger partial charge in [-0.05, 0) is 37.3 Å². The second-order valence-corrected chi connectivity index (χ2v) is 4.69. The Bertz CT molecular complexity index is 735. The molecule has 2 heterocycles. The second-order valence-electron chi connectivity index (χ2n) is 4.69. The average Bonchev–Trinajstić information content (AvgIpc) is 2.84. The van der Waals surface area contributed by atoms with Crippen LogP contribution in [0, 0.1) is 6.92 Å². The lowest BCUT2D eigenvalue weighted by molar-refractivity contribution is 0.415. The Kier molecular flexibility index (Phi) is 3.16. The standard InChI is InChI=1S/C16H16N2O2/c1-10-12-9-11(19-2)6-7-14(12)20-16(10)15(17)13-5-3-4-8-18-13/h3-9,15H,17H2,1-2H3. The SMILES string of the molecule is COc1ccc2oc(C(N)c3ccccn3)c(C)c2c1. The van der Waals surface area contributed by atoms with Crippen molar-refractivity contribution < 1.29 is 9.15 Å². The molecule has 1 atom stereocenters. The first-order valence-corrected chi connectivity index (χ1v) is 6.44. The molecule has 3 aromatic rings. The van der Waals surface area contributed by atoms with E-state index in [1.807, 2.05) is 43.3 Å². The van der Waals surface area contributed by atoms with Crippen LogP contribution in [0.5, 0.6) is 5.75 Å². The molecule has 0 fully saturated rings. The van der Waals surface area contributed by atoms with Crippen molar-refractivity contribution in [2.24, 2.45) is 5.73 Å². The summed E-state index contributed by atoms with van der Waals surface area (Å²) in [6.07, 6.45) is 1.73. The van der Waals surface area contributed by atoms with E-state index in [-0.39, 0.29) is 6.04 Å². The van der Waals surface area contributed by atoms with Gasteiger partial charge in [-0.15, -0.1) is 0 Å². The van der Waals surface area contributed by atoms with Gasteiger partial charge in [0.15, 0.2) is 0 Å². The van der Waals surface area contributed by atoms with Gasteiger partial charge in [0.1, 0.15) is 23.1 Å². The fourth-order valence-electron chi connectivity index (χ4n) is 2.34. The van der Waals surface area contributed by atoms with Crippen LogP contribution in [0.2, 0.25) is 0 Å². The van der Waals surface area contributed by atoms with Crippen LogP contribution in [-0.4, -0.2) is 12.1 Å². The van der Waals surface area contributed by atoms with Gasteiger partial charge in [0.25, 0.3) is 0 Å². The zero-order valence-electron chi connectivity index (χ0n) is 11.5. The monoisotopic (exact) mass is 268 g/mol. The van der Waals surface area contributed by atoms with Crippen molar-refractivity contribution in [2.75, 3.05) is 7.11 Å². The van der Waals surface area contributed by atoms with Crippen molar-refractivity contribution in [3.05, 3.63) is 59.6 Å². The van der Waals surface area contributed by atoms with Crippen molar-refractivity contribution in [3.8, 4) is 5.75 Å². The van der Waals surface area contributed by atoms with Gasteiger partial charge in [-0.1, -0.05) is 6.07 Å². The summed E-state index contributed by atoms with van der Waals surface area (Å²) in [7, 11) is 1.65. The molecule has 1 aromatic carbocycles. The van der Waals surface area contributed by atoms with Crippen LogP contribution in [0.4, 0.5) is 0 Å². The Labute approximate surface area is 117 Å². The number of nitrogens with two attached hydrogens (primary N) is 1. The minimum Gasteiger partial charge on any atom is -0.497 e. The summed E-state index contributed by atoms with van der Waals surface area (Å²) in [6, 6.07) is 11.1. The number of furan rings is 1. The van der Waals surface area contributed by atoms with Gasteiger partial charge < -0.3 is 14.9 Å². The molecule has 0 aliphatic carbocycles. The van der Waals surface area contributed by atoms with E-state index in [1.54, 1.807) is 13.3 Å². The highest BCUT2D eigenvalue weighted by atomic mass is 16.5. The number of rotatable bonds is 3. The number of methoxy groups -OCH3 is 1. The van der Waals surface area contributed by atoms with Crippen molar-refractivity contribution in [2.45, 2.75) is 13.0 Å². The van der Waals surface area contributed by atoms with Gasteiger partial charge in [0, 0.05) is 17.1 Å². The van der Waals surface area contributed by atoms with Crippen LogP contribution in [0.15, 0.2) is 47.0 Å². The van der Waals surface area contributed by atoms with Crippen LogP contribution in [0.25, 0.3) is 11.0 Å². The van der Waals surface area contributed by atoms with Crippen LogP contribution in [0.1, 0.15) is 23.1 Å². The highest BCUT2D eigenvalue weighted by molar-refractivity contribution is 5.83. The maximum Gasteiger partial charge on any atom is 0.134 e. The third-order valence-corrected chi connectivity index (χ3v) is 3.47. The normalized spacial score (nSPS) is 12.6. The zero-order valence-corrected chi connectivity index (χ0v) is 11.5. The average molecular weight is 268 g/mol. The molecule has 3 rings (SSSR count). The number of aryl methyl sites for hydroxylation is 1. The minimum atomic E-state index is -0.366. The fraction of sp³-hybridized carbons (Fsp3) is 0.188. The maximum atomic E-state index is 6.26. The zero-order chi connectivity index (χ0) is 14.1. The highest BCUT2D eigenvalue weighted by Gasteiger charge is 2.19. The van der Waals surface area contributed by atoms with E-state index in [1.165, 1.54) is 0 Å². The van der Waals surface area contributed by atoms with Crippen molar-refractivity contribution in [1.82, 2.24) is 4.98 Å². The molecule has 0 aliphatic heterocycles. The van der Waals surface area contributed by atoms with Crippen molar-refractivity contribution in [3.63, 3.8) is 0 Å². The number of nitrogens with zero attached hydrogens (tertiary/aromatic N) is 1.